The Balaban J connectivity index is 1.24. The number of Topliss-reactive ketones (excluding diaryl/α,β-unsaturated/α-hetero) is 2. The van der Waals surface area contributed by atoms with E-state index in [4.69, 9.17) is 4.98 Å². The van der Waals surface area contributed by atoms with Crippen LogP contribution in [0, 0.1) is 0 Å². The van der Waals surface area contributed by atoms with E-state index in [-0.39, 0.29) is 23.9 Å². The van der Waals surface area contributed by atoms with Crippen molar-refractivity contribution in [2.24, 2.45) is 0 Å². The highest BCUT2D eigenvalue weighted by Gasteiger charge is 2.47. The van der Waals surface area contributed by atoms with E-state index in [9.17, 15) is 14.4 Å². The van der Waals surface area contributed by atoms with Crippen molar-refractivity contribution in [3.05, 3.63) is 53.1 Å². The van der Waals surface area contributed by atoms with E-state index in [1.54, 1.807) is 16.9 Å². The first-order valence-electron chi connectivity index (χ1n) is 11.7. The predicted octanol–water partition coefficient (Wildman–Crippen LogP) is 1.55. The van der Waals surface area contributed by atoms with Crippen molar-refractivity contribution in [1.29, 1.82) is 0 Å². The SMILES string of the molecule is CC1(C)C(=O)Cc2cc(Cc3nc4c(N5CCC6(CC5)NC(=O)CC6=O)nccn4n3)ccc21. The highest BCUT2D eigenvalue weighted by molar-refractivity contribution is 6.10. The molecule has 2 aliphatic heterocycles. The van der Waals surface area contributed by atoms with Gasteiger partial charge in [-0.2, -0.15) is 5.10 Å². The summed E-state index contributed by atoms with van der Waals surface area (Å²) in [6, 6.07) is 6.22. The second-order valence-electron chi connectivity index (χ2n) is 10.2. The van der Waals surface area contributed by atoms with Gasteiger partial charge >= 0.3 is 0 Å². The molecule has 34 heavy (non-hydrogen) atoms. The number of fused-ring (bicyclic) bond motifs is 2. The Kier molecular flexibility index (Phi) is 4.43. The normalized spacial score (nSPS) is 20.9. The zero-order valence-electron chi connectivity index (χ0n) is 19.3. The Labute approximate surface area is 196 Å². The molecule has 1 amide bonds. The Morgan fingerprint density at radius 1 is 1.06 bits per heavy atom. The lowest BCUT2D eigenvalue weighted by atomic mass is 9.85. The van der Waals surface area contributed by atoms with Gasteiger partial charge in [0.05, 0.1) is 6.42 Å². The van der Waals surface area contributed by atoms with Crippen LogP contribution in [-0.4, -0.2) is 55.7 Å². The van der Waals surface area contributed by atoms with E-state index in [0.717, 1.165) is 22.5 Å². The summed E-state index contributed by atoms with van der Waals surface area (Å²) in [5, 5.41) is 7.55. The maximum Gasteiger partial charge on any atom is 0.228 e. The van der Waals surface area contributed by atoms with Gasteiger partial charge in [0.1, 0.15) is 11.3 Å². The van der Waals surface area contributed by atoms with Gasteiger partial charge in [0.15, 0.2) is 23.1 Å². The molecule has 6 rings (SSSR count). The number of anilines is 1. The second kappa shape index (κ2) is 7.19. The molecular weight excluding hydrogens is 432 g/mol. The summed E-state index contributed by atoms with van der Waals surface area (Å²) in [6.07, 6.45) is 5.63. The van der Waals surface area contributed by atoms with E-state index in [1.807, 2.05) is 13.8 Å². The quantitative estimate of drug-likeness (QED) is 0.593. The lowest BCUT2D eigenvalue weighted by Gasteiger charge is -2.38. The average Bonchev–Trinajstić information content (AvgIpc) is 3.40. The van der Waals surface area contributed by atoms with E-state index < -0.39 is 11.0 Å². The first-order valence-corrected chi connectivity index (χ1v) is 11.7. The van der Waals surface area contributed by atoms with E-state index in [0.29, 0.717) is 50.2 Å². The molecule has 1 spiro atoms. The molecule has 9 nitrogen and oxygen atoms in total. The first kappa shape index (κ1) is 20.9. The molecule has 0 radical (unpaired) electrons. The van der Waals surface area contributed by atoms with Gasteiger partial charge in [-0.05, 0) is 43.4 Å². The van der Waals surface area contributed by atoms with Gasteiger partial charge in [-0.3, -0.25) is 14.4 Å². The van der Waals surface area contributed by atoms with Crippen molar-refractivity contribution in [3.8, 4) is 0 Å². The molecule has 2 fully saturated rings. The maximum atomic E-state index is 12.4. The van der Waals surface area contributed by atoms with Crippen LogP contribution in [0.1, 0.15) is 55.6 Å². The van der Waals surface area contributed by atoms with E-state index in [1.165, 1.54) is 0 Å². The maximum absolute atomic E-state index is 12.4. The van der Waals surface area contributed by atoms with E-state index >= 15 is 0 Å². The monoisotopic (exact) mass is 458 g/mol. The molecule has 9 heteroatoms. The molecule has 0 atom stereocenters. The summed E-state index contributed by atoms with van der Waals surface area (Å²) in [6.45, 7) is 5.18. The van der Waals surface area contributed by atoms with Crippen LogP contribution in [0.15, 0.2) is 30.6 Å². The molecule has 3 aromatic rings. The van der Waals surface area contributed by atoms with E-state index in [2.05, 4.69) is 38.5 Å². The molecule has 0 bridgehead atoms. The number of rotatable bonds is 3. The standard InChI is InChI=1S/C25H26N6O3/c1-24(2)17-4-3-15(11-16(17)13-18(24)32)12-20-27-23-22(26-7-10-31(23)29-20)30-8-5-25(6-9-30)19(33)14-21(34)28-25/h3-4,7,10-11H,5-6,8-9,12-14H2,1-2H3,(H,28,34). The number of carbonyl (C=O) groups excluding carboxylic acids is 3. The Morgan fingerprint density at radius 3 is 2.59 bits per heavy atom. The molecule has 174 valence electrons. The first-order chi connectivity index (χ1) is 16.2. The Bertz CT molecular complexity index is 1370. The zero-order valence-corrected chi connectivity index (χ0v) is 19.3. The minimum Gasteiger partial charge on any atom is -0.353 e. The molecule has 2 aromatic heterocycles. The minimum absolute atomic E-state index is 0.00693. The van der Waals surface area contributed by atoms with Gasteiger partial charge in [0, 0.05) is 43.7 Å². The van der Waals surface area contributed by atoms with Crippen LogP contribution >= 0.6 is 0 Å². The molecule has 1 N–H and O–H groups in total. The topological polar surface area (TPSA) is 110 Å². The molecule has 1 aromatic carbocycles. The van der Waals surface area contributed by atoms with Crippen molar-refractivity contribution in [1.82, 2.24) is 24.9 Å². The summed E-state index contributed by atoms with van der Waals surface area (Å²) in [5.41, 5.74) is 2.80. The smallest absolute Gasteiger partial charge is 0.228 e. The largest absolute Gasteiger partial charge is 0.353 e. The highest BCUT2D eigenvalue weighted by Crippen LogP contribution is 2.36. The average molecular weight is 459 g/mol. The number of ketones is 2. The Morgan fingerprint density at radius 2 is 1.85 bits per heavy atom. The number of carbonyl (C=O) groups is 3. The number of hydrogen-bond acceptors (Lipinski definition) is 7. The fraction of sp³-hybridized carbons (Fsp3) is 0.440. The lowest BCUT2D eigenvalue weighted by molar-refractivity contribution is -0.124. The predicted molar refractivity (Wildman–Crippen MR) is 124 cm³/mol. The molecule has 4 heterocycles. The van der Waals surface area contributed by atoms with Crippen molar-refractivity contribution in [3.63, 3.8) is 0 Å². The van der Waals surface area contributed by atoms with Crippen LogP contribution in [0.25, 0.3) is 5.65 Å². The van der Waals surface area contributed by atoms with Crippen LogP contribution in [-0.2, 0) is 32.6 Å². The molecule has 0 saturated carbocycles. The van der Waals surface area contributed by atoms with Gasteiger partial charge in [0.25, 0.3) is 0 Å². The lowest BCUT2D eigenvalue weighted by Crippen LogP contribution is -2.54. The number of piperidine rings is 1. The summed E-state index contributed by atoms with van der Waals surface area (Å²) in [7, 11) is 0. The van der Waals surface area contributed by atoms with Crippen LogP contribution < -0.4 is 10.2 Å². The molecule has 3 aliphatic rings. The summed E-state index contributed by atoms with van der Waals surface area (Å²) < 4.78 is 1.74. The second-order valence-corrected chi connectivity index (χ2v) is 10.2. The van der Waals surface area contributed by atoms with Crippen molar-refractivity contribution >= 4 is 28.9 Å². The van der Waals surface area contributed by atoms with Crippen molar-refractivity contribution in [2.45, 2.75) is 56.9 Å². The molecule has 2 saturated heterocycles. The van der Waals surface area contributed by atoms with Crippen molar-refractivity contribution < 1.29 is 14.4 Å². The number of benzene rings is 1. The van der Waals surface area contributed by atoms with Gasteiger partial charge < -0.3 is 10.2 Å². The number of nitrogens with zero attached hydrogens (tertiary/aromatic N) is 5. The van der Waals surface area contributed by atoms with Crippen LogP contribution in [0.4, 0.5) is 5.82 Å². The minimum atomic E-state index is -0.721. The van der Waals surface area contributed by atoms with Crippen LogP contribution in [0.3, 0.4) is 0 Å². The zero-order chi connectivity index (χ0) is 23.7. The van der Waals surface area contributed by atoms with Gasteiger partial charge in [-0.25, -0.2) is 14.5 Å². The number of nitrogens with one attached hydrogen (secondary N) is 1. The molecular formula is C25H26N6O3. The van der Waals surface area contributed by atoms with Gasteiger partial charge in [-0.1, -0.05) is 18.2 Å². The fourth-order valence-electron chi connectivity index (χ4n) is 5.59. The van der Waals surface area contributed by atoms with Crippen LogP contribution in [0.5, 0.6) is 0 Å². The van der Waals surface area contributed by atoms with Gasteiger partial charge in [0.2, 0.25) is 5.91 Å². The summed E-state index contributed by atoms with van der Waals surface area (Å²) >= 11 is 0. The molecule has 0 unspecified atom stereocenters. The number of aromatic nitrogens is 4. The number of hydrogen-bond donors (Lipinski definition) is 1. The fourth-order valence-corrected chi connectivity index (χ4v) is 5.59. The third-order valence-corrected chi connectivity index (χ3v) is 7.68. The Hall–Kier alpha value is -3.62. The summed E-state index contributed by atoms with van der Waals surface area (Å²) in [4.78, 5) is 47.9. The van der Waals surface area contributed by atoms with Crippen LogP contribution in [0.2, 0.25) is 0 Å². The molecule has 1 aliphatic carbocycles. The van der Waals surface area contributed by atoms with Gasteiger partial charge in [-0.15, -0.1) is 0 Å². The van der Waals surface area contributed by atoms with Crippen molar-refractivity contribution in [2.75, 3.05) is 18.0 Å². The third-order valence-electron chi connectivity index (χ3n) is 7.68. The summed E-state index contributed by atoms with van der Waals surface area (Å²) in [5.74, 6) is 1.48. The third kappa shape index (κ3) is 3.13. The number of amides is 1. The highest BCUT2D eigenvalue weighted by atomic mass is 16.2.